The van der Waals surface area contributed by atoms with Crippen molar-refractivity contribution in [1.29, 1.82) is 0 Å². The quantitative estimate of drug-likeness (QED) is 0.853. The lowest BCUT2D eigenvalue weighted by molar-refractivity contribution is -0.133. The topological polar surface area (TPSA) is 62.3 Å². The molecule has 0 bridgehead atoms. The highest BCUT2D eigenvalue weighted by molar-refractivity contribution is 5.84. The van der Waals surface area contributed by atoms with Crippen LogP contribution in [-0.2, 0) is 9.59 Å². The first-order valence-electron chi connectivity index (χ1n) is 9.76. The van der Waals surface area contributed by atoms with Crippen LogP contribution >= 0.6 is 0 Å². The van der Waals surface area contributed by atoms with Crippen molar-refractivity contribution in [2.24, 2.45) is 0 Å². The summed E-state index contributed by atoms with van der Waals surface area (Å²) >= 11 is 0. The number of carbonyl (C=O) groups excluding carboxylic acids is 2. The van der Waals surface area contributed by atoms with Crippen molar-refractivity contribution in [3.8, 4) is 0 Å². The van der Waals surface area contributed by atoms with Crippen molar-refractivity contribution in [2.75, 3.05) is 13.1 Å². The fourth-order valence-corrected chi connectivity index (χ4v) is 3.49. The van der Waals surface area contributed by atoms with E-state index in [2.05, 4.69) is 10.3 Å². The van der Waals surface area contributed by atoms with Gasteiger partial charge in [-0.1, -0.05) is 43.2 Å². The Morgan fingerprint density at radius 1 is 0.889 bits per heavy atom. The smallest absolute Gasteiger partial charge is 0.223 e. The van der Waals surface area contributed by atoms with Gasteiger partial charge in [-0.05, 0) is 36.1 Å². The van der Waals surface area contributed by atoms with Gasteiger partial charge in [-0.2, -0.15) is 0 Å². The molecular formula is C22H27N3O2. The number of likely N-dealkylation sites (tertiary alicyclic amines) is 1. The summed E-state index contributed by atoms with van der Waals surface area (Å²) in [7, 11) is 0. The van der Waals surface area contributed by atoms with Gasteiger partial charge in [0.25, 0.3) is 0 Å². The second-order valence-electron chi connectivity index (χ2n) is 6.99. The Kier molecular flexibility index (Phi) is 6.97. The summed E-state index contributed by atoms with van der Waals surface area (Å²) in [6.07, 6.45) is 8.43. The van der Waals surface area contributed by atoms with Crippen molar-refractivity contribution < 1.29 is 9.59 Å². The maximum atomic E-state index is 12.6. The van der Waals surface area contributed by atoms with E-state index in [1.54, 1.807) is 12.4 Å². The number of pyridine rings is 1. The van der Waals surface area contributed by atoms with Gasteiger partial charge in [0.05, 0.1) is 6.04 Å². The van der Waals surface area contributed by atoms with Crippen LogP contribution < -0.4 is 5.32 Å². The maximum absolute atomic E-state index is 12.6. The molecule has 1 aromatic carbocycles. The molecule has 1 atom stereocenters. The van der Waals surface area contributed by atoms with Gasteiger partial charge in [0.15, 0.2) is 0 Å². The zero-order chi connectivity index (χ0) is 18.9. The predicted molar refractivity (Wildman–Crippen MR) is 105 cm³/mol. The molecule has 1 fully saturated rings. The van der Waals surface area contributed by atoms with E-state index in [1.807, 2.05) is 47.4 Å². The van der Waals surface area contributed by atoms with Gasteiger partial charge in [0, 0.05) is 38.3 Å². The van der Waals surface area contributed by atoms with Crippen molar-refractivity contribution in [1.82, 2.24) is 15.2 Å². The molecule has 1 aliphatic heterocycles. The summed E-state index contributed by atoms with van der Waals surface area (Å²) < 4.78 is 0. The van der Waals surface area contributed by atoms with Crippen molar-refractivity contribution >= 4 is 11.8 Å². The minimum Gasteiger partial charge on any atom is -0.345 e. The van der Waals surface area contributed by atoms with E-state index in [9.17, 15) is 9.59 Å². The first-order chi connectivity index (χ1) is 13.2. The molecule has 0 unspecified atom stereocenters. The van der Waals surface area contributed by atoms with Crippen LogP contribution in [-0.4, -0.2) is 34.8 Å². The van der Waals surface area contributed by atoms with Crippen LogP contribution in [0.25, 0.3) is 0 Å². The molecule has 1 aliphatic rings. The lowest BCUT2D eigenvalue weighted by Crippen LogP contribution is -2.34. The first kappa shape index (κ1) is 19.1. The minimum atomic E-state index is -0.241. The highest BCUT2D eigenvalue weighted by Crippen LogP contribution is 2.21. The van der Waals surface area contributed by atoms with E-state index in [0.717, 1.165) is 37.1 Å². The molecule has 3 rings (SSSR count). The molecule has 1 saturated heterocycles. The Morgan fingerprint density at radius 3 is 2.19 bits per heavy atom. The third-order valence-corrected chi connectivity index (χ3v) is 5.00. The van der Waals surface area contributed by atoms with E-state index in [0.29, 0.717) is 0 Å². The molecule has 0 radical (unpaired) electrons. The third kappa shape index (κ3) is 5.64. The molecule has 2 aromatic rings. The van der Waals surface area contributed by atoms with Crippen LogP contribution in [0.1, 0.15) is 55.7 Å². The maximum Gasteiger partial charge on any atom is 0.223 e. The van der Waals surface area contributed by atoms with Crippen LogP contribution in [0.15, 0.2) is 54.9 Å². The molecule has 27 heavy (non-hydrogen) atoms. The molecule has 2 heterocycles. The Morgan fingerprint density at radius 2 is 1.52 bits per heavy atom. The number of benzene rings is 1. The molecule has 0 spiro atoms. The minimum absolute atomic E-state index is 0.0900. The van der Waals surface area contributed by atoms with Crippen LogP contribution in [0.3, 0.4) is 0 Å². The second kappa shape index (κ2) is 9.86. The fraction of sp³-hybridized carbons (Fsp3) is 0.409. The second-order valence-corrected chi connectivity index (χ2v) is 6.99. The van der Waals surface area contributed by atoms with Gasteiger partial charge >= 0.3 is 0 Å². The number of nitrogens with zero attached hydrogens (tertiary/aromatic N) is 2. The average Bonchev–Trinajstić information content (AvgIpc) is 3.01. The van der Waals surface area contributed by atoms with Crippen LogP contribution in [0, 0.1) is 0 Å². The standard InChI is InChI=1S/C22H27N3O2/c26-20(10-11-21(27)25-16-6-1-2-7-17-25)24-22(18-8-4-3-5-9-18)19-12-14-23-15-13-19/h3-5,8-9,12-15,22H,1-2,6-7,10-11,16-17H2,(H,24,26)/t22-/m0/s1. The van der Waals surface area contributed by atoms with E-state index in [4.69, 9.17) is 0 Å². The molecule has 142 valence electrons. The fourth-order valence-electron chi connectivity index (χ4n) is 3.49. The summed E-state index contributed by atoms with van der Waals surface area (Å²) in [4.78, 5) is 30.9. The van der Waals surface area contributed by atoms with Gasteiger partial charge < -0.3 is 10.2 Å². The molecule has 5 heteroatoms. The number of nitrogens with one attached hydrogen (secondary N) is 1. The van der Waals surface area contributed by atoms with E-state index >= 15 is 0 Å². The Labute approximate surface area is 160 Å². The Hall–Kier alpha value is -2.69. The number of aromatic nitrogens is 1. The summed E-state index contributed by atoms with van der Waals surface area (Å²) in [6, 6.07) is 13.4. The average molecular weight is 365 g/mol. The van der Waals surface area contributed by atoms with Crippen molar-refractivity contribution in [3.05, 3.63) is 66.0 Å². The summed E-state index contributed by atoms with van der Waals surface area (Å²) in [5, 5.41) is 3.08. The summed E-state index contributed by atoms with van der Waals surface area (Å²) in [5.74, 6) is -0.0175. The van der Waals surface area contributed by atoms with E-state index < -0.39 is 0 Å². The predicted octanol–water partition coefficient (Wildman–Crippen LogP) is 3.47. The Bertz CT molecular complexity index is 686. The highest BCUT2D eigenvalue weighted by atomic mass is 16.2. The number of hydrogen-bond acceptors (Lipinski definition) is 3. The van der Waals surface area contributed by atoms with Gasteiger partial charge in [-0.3, -0.25) is 14.6 Å². The largest absolute Gasteiger partial charge is 0.345 e. The third-order valence-electron chi connectivity index (χ3n) is 5.00. The normalized spacial score (nSPS) is 15.6. The molecule has 5 nitrogen and oxygen atoms in total. The number of rotatable bonds is 6. The molecule has 0 saturated carbocycles. The zero-order valence-electron chi connectivity index (χ0n) is 15.6. The summed E-state index contributed by atoms with van der Waals surface area (Å²) in [6.45, 7) is 1.65. The lowest BCUT2D eigenvalue weighted by Gasteiger charge is -2.22. The van der Waals surface area contributed by atoms with Gasteiger partial charge in [0.1, 0.15) is 0 Å². The lowest BCUT2D eigenvalue weighted by atomic mass is 9.99. The van der Waals surface area contributed by atoms with Crippen molar-refractivity contribution in [2.45, 2.75) is 44.6 Å². The Balaban J connectivity index is 1.60. The van der Waals surface area contributed by atoms with Crippen LogP contribution in [0.5, 0.6) is 0 Å². The molecule has 1 N–H and O–H groups in total. The molecular weight excluding hydrogens is 338 g/mol. The monoisotopic (exact) mass is 365 g/mol. The molecule has 0 aliphatic carbocycles. The van der Waals surface area contributed by atoms with Crippen molar-refractivity contribution in [3.63, 3.8) is 0 Å². The van der Waals surface area contributed by atoms with Gasteiger partial charge in [-0.25, -0.2) is 0 Å². The molecule has 2 amide bonds. The van der Waals surface area contributed by atoms with E-state index in [-0.39, 0.29) is 30.7 Å². The van der Waals surface area contributed by atoms with Gasteiger partial charge in [0.2, 0.25) is 11.8 Å². The van der Waals surface area contributed by atoms with Crippen LogP contribution in [0.2, 0.25) is 0 Å². The number of hydrogen-bond donors (Lipinski definition) is 1. The SMILES string of the molecule is O=C(CCC(=O)N1CCCCCC1)N[C@@H](c1ccccc1)c1ccncc1. The zero-order valence-corrected chi connectivity index (χ0v) is 15.6. The van der Waals surface area contributed by atoms with E-state index in [1.165, 1.54) is 12.8 Å². The first-order valence-corrected chi connectivity index (χ1v) is 9.76. The molecule has 1 aromatic heterocycles. The number of amides is 2. The van der Waals surface area contributed by atoms with Gasteiger partial charge in [-0.15, -0.1) is 0 Å². The van der Waals surface area contributed by atoms with Crippen LogP contribution in [0.4, 0.5) is 0 Å². The summed E-state index contributed by atoms with van der Waals surface area (Å²) in [5.41, 5.74) is 1.99. The number of carbonyl (C=O) groups is 2. The highest BCUT2D eigenvalue weighted by Gasteiger charge is 2.19.